The lowest BCUT2D eigenvalue weighted by atomic mass is 10.2. The molecule has 1 aromatic rings. The van der Waals surface area contributed by atoms with Gasteiger partial charge in [-0.2, -0.15) is 0 Å². The van der Waals surface area contributed by atoms with Gasteiger partial charge in [-0.3, -0.25) is 14.6 Å². The maximum Gasteiger partial charge on any atom is 0.236 e. The second kappa shape index (κ2) is 4.80. The Morgan fingerprint density at radius 2 is 2.50 bits per heavy atom. The zero-order valence-electron chi connectivity index (χ0n) is 8.60. The van der Waals surface area contributed by atoms with E-state index in [1.54, 1.807) is 6.07 Å². The molecule has 1 aliphatic heterocycles. The zero-order chi connectivity index (χ0) is 11.5. The van der Waals surface area contributed by atoms with Crippen LogP contribution in [0.1, 0.15) is 23.0 Å². The van der Waals surface area contributed by atoms with Crippen LogP contribution in [0.25, 0.3) is 0 Å². The number of nitrogens with one attached hydrogen (secondary N) is 1. The number of thioether (sulfide) groups is 1. The van der Waals surface area contributed by atoms with Crippen molar-refractivity contribution in [3.63, 3.8) is 0 Å². The van der Waals surface area contributed by atoms with E-state index in [2.05, 4.69) is 10.3 Å². The Hall–Kier alpha value is -1.14. The number of rotatable bonds is 1. The van der Waals surface area contributed by atoms with Gasteiger partial charge in [0.05, 0.1) is 10.9 Å². The number of thiophene rings is 1. The van der Waals surface area contributed by atoms with E-state index in [0.29, 0.717) is 16.5 Å². The smallest absolute Gasteiger partial charge is 0.236 e. The van der Waals surface area contributed by atoms with E-state index >= 15 is 0 Å². The first-order valence-electron chi connectivity index (χ1n) is 4.78. The van der Waals surface area contributed by atoms with Crippen LogP contribution in [-0.4, -0.2) is 22.2 Å². The predicted molar refractivity (Wildman–Crippen MR) is 65.9 cm³/mol. The monoisotopic (exact) mass is 254 g/mol. The molecule has 1 N–H and O–H groups in total. The molecule has 6 heteroatoms. The summed E-state index contributed by atoms with van der Waals surface area (Å²) in [4.78, 5) is 27.8. The van der Waals surface area contributed by atoms with Gasteiger partial charge < -0.3 is 5.32 Å². The minimum Gasteiger partial charge on any atom is -0.305 e. The van der Waals surface area contributed by atoms with E-state index in [-0.39, 0.29) is 17.1 Å². The van der Waals surface area contributed by atoms with Gasteiger partial charge in [-0.1, -0.05) is 6.07 Å². The molecule has 4 nitrogen and oxygen atoms in total. The highest BCUT2D eigenvalue weighted by Gasteiger charge is 2.20. The summed E-state index contributed by atoms with van der Waals surface area (Å²) >= 11 is 2.36. The van der Waals surface area contributed by atoms with Crippen molar-refractivity contribution in [2.24, 2.45) is 4.99 Å². The molecule has 84 valence electrons. The van der Waals surface area contributed by atoms with Crippen molar-refractivity contribution in [2.75, 3.05) is 0 Å². The number of hydrogen-bond acceptors (Lipinski definition) is 5. The minimum atomic E-state index is -0.0804. The van der Waals surface area contributed by atoms with Crippen molar-refractivity contribution in [3.8, 4) is 0 Å². The summed E-state index contributed by atoms with van der Waals surface area (Å²) in [7, 11) is 0. The highest BCUT2D eigenvalue weighted by Crippen LogP contribution is 2.19. The lowest BCUT2D eigenvalue weighted by Crippen LogP contribution is -2.36. The van der Waals surface area contributed by atoms with Crippen molar-refractivity contribution in [3.05, 3.63) is 22.4 Å². The van der Waals surface area contributed by atoms with Crippen LogP contribution < -0.4 is 5.32 Å². The largest absolute Gasteiger partial charge is 0.305 e. The fourth-order valence-electron chi connectivity index (χ4n) is 1.30. The summed E-state index contributed by atoms with van der Waals surface area (Å²) in [5, 5.41) is 4.77. The Labute approximate surface area is 101 Å². The summed E-state index contributed by atoms with van der Waals surface area (Å²) in [5.74, 6) is -0.0796. The van der Waals surface area contributed by atoms with Gasteiger partial charge in [-0.25, -0.2) is 0 Å². The number of carbonyl (C=O) groups is 2. The quantitative estimate of drug-likeness (QED) is 0.832. The Kier molecular flexibility index (Phi) is 3.40. The van der Waals surface area contributed by atoms with Gasteiger partial charge in [-0.15, -0.1) is 11.3 Å². The number of hydrogen-bond donors (Lipinski definition) is 1. The first-order chi connectivity index (χ1) is 7.65. The molecule has 2 rings (SSSR count). The van der Waals surface area contributed by atoms with E-state index in [1.165, 1.54) is 11.3 Å². The van der Waals surface area contributed by atoms with E-state index in [0.717, 1.165) is 11.8 Å². The lowest BCUT2D eigenvalue weighted by molar-refractivity contribution is -0.120. The van der Waals surface area contributed by atoms with Crippen molar-refractivity contribution >= 4 is 39.3 Å². The van der Waals surface area contributed by atoms with Gasteiger partial charge in [0.15, 0.2) is 5.17 Å². The molecule has 1 aliphatic rings. The van der Waals surface area contributed by atoms with Crippen LogP contribution in [0.15, 0.2) is 22.5 Å². The normalized spacial score (nSPS) is 20.2. The Bertz CT molecular complexity index is 440. The topological polar surface area (TPSA) is 58.5 Å². The fourth-order valence-corrected chi connectivity index (χ4v) is 2.87. The number of amidine groups is 1. The molecule has 0 bridgehead atoms. The number of nitrogens with zero attached hydrogens (tertiary/aromatic N) is 1. The van der Waals surface area contributed by atoms with Gasteiger partial charge in [0.25, 0.3) is 0 Å². The molecule has 16 heavy (non-hydrogen) atoms. The highest BCUT2D eigenvalue weighted by molar-refractivity contribution is 8.26. The molecule has 0 saturated heterocycles. The molecule has 0 aliphatic carbocycles. The molecular formula is C10H10N2O2S2. The van der Waals surface area contributed by atoms with E-state index < -0.39 is 0 Å². The lowest BCUT2D eigenvalue weighted by Gasteiger charge is -2.16. The van der Waals surface area contributed by atoms with Crippen LogP contribution >= 0.6 is 23.1 Å². The molecule has 0 fully saturated rings. The van der Waals surface area contributed by atoms with Crippen LogP contribution in [-0.2, 0) is 4.79 Å². The first kappa shape index (κ1) is 11.3. The van der Waals surface area contributed by atoms with Crippen LogP contribution in [0.5, 0.6) is 0 Å². The molecule has 1 amide bonds. The van der Waals surface area contributed by atoms with Crippen molar-refractivity contribution in [1.82, 2.24) is 5.32 Å². The average molecular weight is 254 g/mol. The molecule has 0 spiro atoms. The summed E-state index contributed by atoms with van der Waals surface area (Å²) in [6, 6.07) is 3.53. The van der Waals surface area contributed by atoms with E-state index in [1.807, 2.05) is 18.4 Å². The highest BCUT2D eigenvalue weighted by atomic mass is 32.2. The average Bonchev–Trinajstić information content (AvgIpc) is 2.68. The molecule has 0 saturated carbocycles. The maximum absolute atomic E-state index is 11.7. The standard InChI is InChI=1S/C10H10N2O2S2/c1-6-5-8(13)12-10(11-6)16-9(14)7-3-2-4-15-7/h2-4,6H,5H2,1H3,(H,11,12,13)/t6-/m0/s1. The molecule has 0 unspecified atom stereocenters. The van der Waals surface area contributed by atoms with Crippen LogP contribution in [0.4, 0.5) is 0 Å². The van der Waals surface area contributed by atoms with Gasteiger partial charge in [-0.05, 0) is 30.1 Å². The third-order valence-corrected chi connectivity index (χ3v) is 3.78. The second-order valence-electron chi connectivity index (χ2n) is 3.40. The number of amides is 1. The van der Waals surface area contributed by atoms with Gasteiger partial charge in [0.2, 0.25) is 11.0 Å². The first-order valence-corrected chi connectivity index (χ1v) is 6.48. The molecule has 1 aromatic heterocycles. The maximum atomic E-state index is 11.7. The summed E-state index contributed by atoms with van der Waals surface area (Å²) in [6.07, 6.45) is 0.386. The summed E-state index contributed by atoms with van der Waals surface area (Å²) < 4.78 is 0. The third kappa shape index (κ3) is 2.70. The number of carbonyl (C=O) groups excluding carboxylic acids is 2. The van der Waals surface area contributed by atoms with Crippen LogP contribution in [0, 0.1) is 0 Å². The van der Waals surface area contributed by atoms with Crippen LogP contribution in [0.2, 0.25) is 0 Å². The van der Waals surface area contributed by atoms with Gasteiger partial charge in [0, 0.05) is 6.42 Å². The van der Waals surface area contributed by atoms with Crippen molar-refractivity contribution in [1.29, 1.82) is 0 Å². The zero-order valence-corrected chi connectivity index (χ0v) is 10.2. The second-order valence-corrected chi connectivity index (χ2v) is 5.31. The molecule has 1 atom stereocenters. The SMILES string of the molecule is C[C@H]1CC(=O)NC(SC(=O)c2cccs2)=N1. The van der Waals surface area contributed by atoms with Gasteiger partial charge in [0.1, 0.15) is 0 Å². The molecule has 0 aromatic carbocycles. The predicted octanol–water partition coefficient (Wildman–Crippen LogP) is 1.89. The van der Waals surface area contributed by atoms with Crippen LogP contribution in [0.3, 0.4) is 0 Å². The van der Waals surface area contributed by atoms with E-state index in [9.17, 15) is 9.59 Å². The third-order valence-electron chi connectivity index (χ3n) is 1.98. The van der Waals surface area contributed by atoms with Gasteiger partial charge >= 0.3 is 0 Å². The summed E-state index contributed by atoms with van der Waals surface area (Å²) in [6.45, 7) is 1.86. The number of aliphatic imine (C=N–C) groups is 1. The Balaban J connectivity index is 2.05. The Morgan fingerprint density at radius 1 is 1.69 bits per heavy atom. The Morgan fingerprint density at radius 3 is 3.12 bits per heavy atom. The summed E-state index contributed by atoms with van der Waals surface area (Å²) in [5.41, 5.74) is 0. The van der Waals surface area contributed by atoms with Crippen molar-refractivity contribution < 1.29 is 9.59 Å². The fraction of sp³-hybridized carbons (Fsp3) is 0.300. The minimum absolute atomic E-state index is 0.0487. The van der Waals surface area contributed by atoms with E-state index in [4.69, 9.17) is 0 Å². The molecule has 0 radical (unpaired) electrons. The van der Waals surface area contributed by atoms with Crippen molar-refractivity contribution in [2.45, 2.75) is 19.4 Å². The molecular weight excluding hydrogens is 244 g/mol. The molecule has 2 heterocycles.